The SMILES string of the molecule is C=CC(C(=O)O)C1CCP(c2ccccc2)C1(c1ccccc1)c1ccccc1. The van der Waals surface area contributed by atoms with Crippen LogP contribution < -0.4 is 5.30 Å². The molecule has 1 heterocycles. The molecule has 0 radical (unpaired) electrons. The maximum absolute atomic E-state index is 12.2. The summed E-state index contributed by atoms with van der Waals surface area (Å²) in [7, 11) is -0.654. The quantitative estimate of drug-likeness (QED) is 0.429. The summed E-state index contributed by atoms with van der Waals surface area (Å²) in [6.07, 6.45) is 3.51. The van der Waals surface area contributed by atoms with Gasteiger partial charge in [0.15, 0.2) is 0 Å². The van der Waals surface area contributed by atoms with Crippen molar-refractivity contribution in [2.45, 2.75) is 11.6 Å². The van der Waals surface area contributed by atoms with Crippen LogP contribution in [0.2, 0.25) is 0 Å². The van der Waals surface area contributed by atoms with Crippen molar-refractivity contribution in [3.05, 3.63) is 115 Å². The summed E-state index contributed by atoms with van der Waals surface area (Å²) in [5, 5.41) is 11.0. The van der Waals surface area contributed by atoms with Crippen LogP contribution in [0.4, 0.5) is 0 Å². The van der Waals surface area contributed by atoms with Crippen LogP contribution in [-0.2, 0) is 9.95 Å². The maximum atomic E-state index is 12.2. The molecule has 3 aromatic rings. The lowest BCUT2D eigenvalue weighted by Crippen LogP contribution is -2.39. The lowest BCUT2D eigenvalue weighted by atomic mass is 9.72. The molecule has 3 aromatic carbocycles. The van der Waals surface area contributed by atoms with Gasteiger partial charge in [-0.3, -0.25) is 4.79 Å². The van der Waals surface area contributed by atoms with Crippen LogP contribution in [0.1, 0.15) is 17.5 Å². The van der Waals surface area contributed by atoms with Gasteiger partial charge in [0.2, 0.25) is 0 Å². The molecule has 3 atom stereocenters. The molecule has 0 spiro atoms. The number of hydrogen-bond acceptors (Lipinski definition) is 1. The summed E-state index contributed by atoms with van der Waals surface area (Å²) in [5.41, 5.74) is 2.41. The molecule has 1 fully saturated rings. The van der Waals surface area contributed by atoms with Crippen LogP contribution in [-0.4, -0.2) is 17.2 Å². The lowest BCUT2D eigenvalue weighted by Gasteiger charge is -2.43. The van der Waals surface area contributed by atoms with Crippen molar-refractivity contribution < 1.29 is 9.90 Å². The molecular formula is C26H25O2P. The van der Waals surface area contributed by atoms with Crippen molar-refractivity contribution in [1.82, 2.24) is 0 Å². The van der Waals surface area contributed by atoms with Gasteiger partial charge in [-0.25, -0.2) is 0 Å². The minimum atomic E-state index is -0.786. The molecule has 1 N–H and O–H groups in total. The average Bonchev–Trinajstić information content (AvgIpc) is 3.17. The molecule has 0 amide bonds. The largest absolute Gasteiger partial charge is 0.481 e. The Kier molecular flexibility index (Phi) is 5.65. The summed E-state index contributed by atoms with van der Waals surface area (Å²) < 4.78 is 0. The van der Waals surface area contributed by atoms with Gasteiger partial charge in [0.1, 0.15) is 0 Å². The second-order valence-corrected chi connectivity index (χ2v) is 10.0. The predicted octanol–water partition coefficient (Wildman–Crippen LogP) is 5.64. The van der Waals surface area contributed by atoms with E-state index in [1.807, 2.05) is 18.2 Å². The first kappa shape index (κ1) is 19.6. The normalized spacial score (nSPS) is 21.4. The molecule has 3 unspecified atom stereocenters. The number of carboxylic acid groups (broad SMARTS) is 1. The van der Waals surface area contributed by atoms with E-state index in [2.05, 4.69) is 79.4 Å². The van der Waals surface area contributed by atoms with Gasteiger partial charge >= 0.3 is 5.97 Å². The monoisotopic (exact) mass is 400 g/mol. The van der Waals surface area contributed by atoms with E-state index in [0.29, 0.717) is 0 Å². The molecule has 1 saturated heterocycles. The van der Waals surface area contributed by atoms with E-state index in [0.717, 1.165) is 12.6 Å². The number of hydrogen-bond donors (Lipinski definition) is 1. The Morgan fingerprint density at radius 2 is 1.41 bits per heavy atom. The Bertz CT molecular complexity index is 930. The van der Waals surface area contributed by atoms with Gasteiger partial charge in [0.25, 0.3) is 0 Å². The van der Waals surface area contributed by atoms with Crippen LogP contribution in [0.3, 0.4) is 0 Å². The third kappa shape index (κ3) is 3.32. The van der Waals surface area contributed by atoms with E-state index < -0.39 is 19.8 Å². The summed E-state index contributed by atoms with van der Waals surface area (Å²) in [6, 6.07) is 31.7. The molecule has 4 rings (SSSR count). The summed E-state index contributed by atoms with van der Waals surface area (Å²) in [6.45, 7) is 3.90. The number of carboxylic acids is 1. The summed E-state index contributed by atoms with van der Waals surface area (Å²) in [4.78, 5) is 12.2. The van der Waals surface area contributed by atoms with E-state index in [1.165, 1.54) is 16.4 Å². The van der Waals surface area contributed by atoms with E-state index in [4.69, 9.17) is 0 Å². The summed E-state index contributed by atoms with van der Waals surface area (Å²) in [5.74, 6) is -1.42. The Labute approximate surface area is 173 Å². The van der Waals surface area contributed by atoms with Gasteiger partial charge in [0, 0.05) is 5.16 Å². The molecule has 0 aliphatic carbocycles. The first-order valence-electron chi connectivity index (χ1n) is 9.98. The van der Waals surface area contributed by atoms with Crippen LogP contribution in [0.25, 0.3) is 0 Å². The highest BCUT2D eigenvalue weighted by Crippen LogP contribution is 2.70. The first-order valence-corrected chi connectivity index (χ1v) is 11.5. The third-order valence-corrected chi connectivity index (χ3v) is 9.42. The van der Waals surface area contributed by atoms with E-state index in [-0.39, 0.29) is 11.1 Å². The topological polar surface area (TPSA) is 37.3 Å². The Balaban J connectivity index is 2.03. The first-order chi connectivity index (χ1) is 14.2. The zero-order valence-electron chi connectivity index (χ0n) is 16.3. The zero-order valence-corrected chi connectivity index (χ0v) is 17.2. The second kappa shape index (κ2) is 8.35. The lowest BCUT2D eigenvalue weighted by molar-refractivity contribution is -0.142. The van der Waals surface area contributed by atoms with Gasteiger partial charge in [-0.15, -0.1) is 6.58 Å². The average molecular weight is 400 g/mol. The van der Waals surface area contributed by atoms with Crippen LogP contribution in [0, 0.1) is 11.8 Å². The molecule has 0 aromatic heterocycles. The molecule has 1 aliphatic heterocycles. The van der Waals surface area contributed by atoms with Crippen molar-refractivity contribution in [3.63, 3.8) is 0 Å². The fraction of sp³-hybridized carbons (Fsp3) is 0.192. The van der Waals surface area contributed by atoms with Crippen LogP contribution >= 0.6 is 7.92 Å². The van der Waals surface area contributed by atoms with E-state index in [9.17, 15) is 9.90 Å². The maximum Gasteiger partial charge on any atom is 0.310 e. The highest BCUT2D eigenvalue weighted by atomic mass is 31.1. The third-order valence-electron chi connectivity index (χ3n) is 6.09. The van der Waals surface area contributed by atoms with Gasteiger partial charge < -0.3 is 5.11 Å². The molecule has 146 valence electrons. The number of rotatable bonds is 6. The zero-order chi connectivity index (χ0) is 20.3. The van der Waals surface area contributed by atoms with Crippen molar-refractivity contribution >= 4 is 19.2 Å². The van der Waals surface area contributed by atoms with Crippen molar-refractivity contribution in [3.8, 4) is 0 Å². The molecular weight excluding hydrogens is 375 g/mol. The highest BCUT2D eigenvalue weighted by molar-refractivity contribution is 7.67. The van der Waals surface area contributed by atoms with E-state index >= 15 is 0 Å². The second-order valence-electron chi connectivity index (χ2n) is 7.48. The predicted molar refractivity (Wildman–Crippen MR) is 121 cm³/mol. The molecule has 3 heteroatoms. The van der Waals surface area contributed by atoms with Crippen LogP contribution in [0.5, 0.6) is 0 Å². The van der Waals surface area contributed by atoms with Gasteiger partial charge in [0.05, 0.1) is 5.92 Å². The molecule has 29 heavy (non-hydrogen) atoms. The van der Waals surface area contributed by atoms with E-state index in [1.54, 1.807) is 6.08 Å². The molecule has 0 bridgehead atoms. The van der Waals surface area contributed by atoms with Crippen LogP contribution in [0.15, 0.2) is 104 Å². The molecule has 0 saturated carbocycles. The number of benzene rings is 3. The van der Waals surface area contributed by atoms with Crippen molar-refractivity contribution in [2.24, 2.45) is 11.8 Å². The Morgan fingerprint density at radius 1 is 0.931 bits per heavy atom. The standard InChI is InChI=1S/C26H25O2P/c1-2-23(25(27)28)24-18-19-29(22-16-10-5-11-17-22)26(24,20-12-6-3-7-13-20)21-14-8-4-9-15-21/h2-17,23-24H,1,18-19H2,(H,27,28). The Hall–Kier alpha value is -2.70. The Morgan fingerprint density at radius 3 is 1.86 bits per heavy atom. The van der Waals surface area contributed by atoms with Crippen molar-refractivity contribution in [2.75, 3.05) is 6.16 Å². The molecule has 2 nitrogen and oxygen atoms in total. The minimum absolute atomic E-state index is 0.0476. The van der Waals surface area contributed by atoms with Gasteiger partial charge in [-0.05, 0) is 34.9 Å². The van der Waals surface area contributed by atoms with Gasteiger partial charge in [-0.2, -0.15) is 0 Å². The summed E-state index contributed by atoms with van der Waals surface area (Å²) >= 11 is 0. The number of aliphatic carboxylic acids is 1. The fourth-order valence-electron chi connectivity index (χ4n) is 4.96. The highest BCUT2D eigenvalue weighted by Gasteiger charge is 2.55. The molecule has 1 aliphatic rings. The minimum Gasteiger partial charge on any atom is -0.481 e. The fourth-order valence-corrected chi connectivity index (χ4v) is 8.66. The van der Waals surface area contributed by atoms with Crippen molar-refractivity contribution in [1.29, 1.82) is 0 Å². The van der Waals surface area contributed by atoms with Gasteiger partial charge in [-0.1, -0.05) is 105 Å². The number of carbonyl (C=O) groups is 1. The smallest absolute Gasteiger partial charge is 0.310 e.